The van der Waals surface area contributed by atoms with Crippen LogP contribution in [0.4, 0.5) is 0 Å². The Morgan fingerprint density at radius 2 is 2.00 bits per heavy atom. The molecule has 0 aromatic heterocycles. The molecule has 0 radical (unpaired) electrons. The zero-order valence-corrected chi connectivity index (χ0v) is 4.88. The lowest BCUT2D eigenvalue weighted by Gasteiger charge is -1.95. The summed E-state index contributed by atoms with van der Waals surface area (Å²) in [6.07, 6.45) is 0. The monoisotopic (exact) mass is 130 g/mol. The van der Waals surface area contributed by atoms with Gasteiger partial charge in [-0.2, -0.15) is 0 Å². The summed E-state index contributed by atoms with van der Waals surface area (Å²) in [6.45, 7) is 4.56. The zero-order chi connectivity index (χ0) is 7.44. The Hall–Kier alpha value is -1.32. The van der Waals surface area contributed by atoms with Crippen LogP contribution in [0.25, 0.3) is 0 Å². The standard InChI is InChI=1S/C5H6O4/c1-3(2)9-5(8)4(6)7/h1H2,2H3,(H,6,7). The minimum absolute atomic E-state index is 0.0717. The predicted octanol–water partition coefficient (Wildman–Crippen LogP) is 0.148. The molecule has 0 aliphatic carbocycles. The largest absolute Gasteiger partial charge is 0.473 e. The first-order chi connectivity index (χ1) is 4.04. The quantitative estimate of drug-likeness (QED) is 0.311. The second-order valence-electron chi connectivity index (χ2n) is 1.40. The van der Waals surface area contributed by atoms with Gasteiger partial charge in [-0.15, -0.1) is 0 Å². The molecular formula is C5H6O4. The first-order valence-corrected chi connectivity index (χ1v) is 2.14. The summed E-state index contributed by atoms with van der Waals surface area (Å²) in [5.41, 5.74) is 0. The van der Waals surface area contributed by atoms with Gasteiger partial charge in [-0.25, -0.2) is 9.59 Å². The van der Waals surface area contributed by atoms with E-state index in [1.165, 1.54) is 6.92 Å². The number of carbonyl (C=O) groups is 2. The van der Waals surface area contributed by atoms with Crippen molar-refractivity contribution in [2.75, 3.05) is 0 Å². The molecule has 4 heteroatoms. The van der Waals surface area contributed by atoms with Crippen LogP contribution in [0.1, 0.15) is 6.92 Å². The van der Waals surface area contributed by atoms with Crippen molar-refractivity contribution < 1.29 is 19.4 Å². The maximum atomic E-state index is 10.1. The molecule has 0 unspecified atom stereocenters. The van der Waals surface area contributed by atoms with Gasteiger partial charge in [0.15, 0.2) is 0 Å². The van der Waals surface area contributed by atoms with Crippen molar-refractivity contribution in [3.8, 4) is 0 Å². The predicted molar refractivity (Wildman–Crippen MR) is 28.5 cm³/mol. The van der Waals surface area contributed by atoms with Crippen molar-refractivity contribution in [2.45, 2.75) is 6.92 Å². The fourth-order valence-electron chi connectivity index (χ4n) is 0.202. The van der Waals surface area contributed by atoms with Crippen LogP contribution in [0.2, 0.25) is 0 Å². The van der Waals surface area contributed by atoms with E-state index in [1.54, 1.807) is 0 Å². The fraction of sp³-hybridized carbons (Fsp3) is 0.200. The molecule has 0 fully saturated rings. The van der Waals surface area contributed by atoms with Crippen molar-refractivity contribution in [1.29, 1.82) is 0 Å². The van der Waals surface area contributed by atoms with Crippen molar-refractivity contribution in [1.82, 2.24) is 0 Å². The van der Waals surface area contributed by atoms with Crippen LogP contribution in [0.3, 0.4) is 0 Å². The first-order valence-electron chi connectivity index (χ1n) is 2.14. The van der Waals surface area contributed by atoms with Gasteiger partial charge in [-0.3, -0.25) is 0 Å². The van der Waals surface area contributed by atoms with Crippen molar-refractivity contribution in [2.24, 2.45) is 0 Å². The number of aliphatic carboxylic acids is 1. The highest BCUT2D eigenvalue weighted by molar-refractivity contribution is 6.28. The van der Waals surface area contributed by atoms with Gasteiger partial charge in [0.25, 0.3) is 0 Å². The third kappa shape index (κ3) is 3.28. The third-order valence-corrected chi connectivity index (χ3v) is 0.442. The summed E-state index contributed by atoms with van der Waals surface area (Å²) in [5, 5.41) is 7.92. The number of allylic oxidation sites excluding steroid dienone is 1. The Kier molecular flexibility index (Phi) is 2.44. The van der Waals surface area contributed by atoms with Gasteiger partial charge in [0, 0.05) is 0 Å². The van der Waals surface area contributed by atoms with Gasteiger partial charge in [0.05, 0.1) is 5.76 Å². The number of esters is 1. The maximum absolute atomic E-state index is 10.1. The molecular weight excluding hydrogens is 124 g/mol. The highest BCUT2D eigenvalue weighted by Gasteiger charge is 2.11. The molecule has 4 nitrogen and oxygen atoms in total. The van der Waals surface area contributed by atoms with Crippen molar-refractivity contribution in [3.05, 3.63) is 12.3 Å². The van der Waals surface area contributed by atoms with Gasteiger partial charge in [0.1, 0.15) is 0 Å². The second-order valence-corrected chi connectivity index (χ2v) is 1.40. The van der Waals surface area contributed by atoms with E-state index in [9.17, 15) is 9.59 Å². The van der Waals surface area contributed by atoms with E-state index in [4.69, 9.17) is 5.11 Å². The third-order valence-electron chi connectivity index (χ3n) is 0.442. The molecule has 0 aromatic carbocycles. The lowest BCUT2D eigenvalue weighted by Crippen LogP contribution is -2.14. The summed E-state index contributed by atoms with van der Waals surface area (Å²) in [4.78, 5) is 19.8. The van der Waals surface area contributed by atoms with Crippen LogP contribution in [0.15, 0.2) is 12.3 Å². The minimum Gasteiger partial charge on any atom is -0.473 e. The van der Waals surface area contributed by atoms with Gasteiger partial charge < -0.3 is 9.84 Å². The average molecular weight is 130 g/mol. The second kappa shape index (κ2) is 2.86. The molecule has 50 valence electrons. The summed E-state index contributed by atoms with van der Waals surface area (Å²) >= 11 is 0. The topological polar surface area (TPSA) is 63.6 Å². The number of carboxylic acid groups (broad SMARTS) is 1. The summed E-state index contributed by atoms with van der Waals surface area (Å²) in [6, 6.07) is 0. The number of carbonyl (C=O) groups excluding carboxylic acids is 1. The van der Waals surface area contributed by atoms with E-state index >= 15 is 0 Å². The SMILES string of the molecule is C=C(C)OC(=O)C(=O)O. The molecule has 0 rings (SSSR count). The molecule has 0 bridgehead atoms. The Balaban J connectivity index is 3.79. The molecule has 0 aliphatic rings. The van der Waals surface area contributed by atoms with E-state index in [0.29, 0.717) is 0 Å². The molecule has 0 spiro atoms. The molecule has 0 heterocycles. The zero-order valence-electron chi connectivity index (χ0n) is 4.88. The highest BCUT2D eigenvalue weighted by atomic mass is 16.6. The molecule has 0 aromatic rings. The van der Waals surface area contributed by atoms with Gasteiger partial charge >= 0.3 is 11.9 Å². The Bertz CT molecular complexity index is 158. The Morgan fingerprint density at radius 1 is 1.56 bits per heavy atom. The van der Waals surface area contributed by atoms with Crippen molar-refractivity contribution in [3.63, 3.8) is 0 Å². The number of carboxylic acids is 1. The molecule has 0 saturated heterocycles. The van der Waals surface area contributed by atoms with E-state index in [-0.39, 0.29) is 5.76 Å². The highest BCUT2D eigenvalue weighted by Crippen LogP contribution is 1.89. The van der Waals surface area contributed by atoms with Gasteiger partial charge in [0.2, 0.25) is 0 Å². The van der Waals surface area contributed by atoms with Crippen LogP contribution in [0, 0.1) is 0 Å². The smallest absolute Gasteiger partial charge is 0.422 e. The normalized spacial score (nSPS) is 8.11. The van der Waals surface area contributed by atoms with Crippen LogP contribution >= 0.6 is 0 Å². The van der Waals surface area contributed by atoms with Crippen LogP contribution in [-0.4, -0.2) is 17.0 Å². The number of hydrogen-bond donors (Lipinski definition) is 1. The lowest BCUT2D eigenvalue weighted by molar-refractivity contribution is -0.161. The van der Waals surface area contributed by atoms with E-state index in [2.05, 4.69) is 11.3 Å². The molecule has 0 amide bonds. The molecule has 0 aliphatic heterocycles. The fourth-order valence-corrected chi connectivity index (χ4v) is 0.202. The van der Waals surface area contributed by atoms with Gasteiger partial charge in [-0.05, 0) is 6.92 Å². The van der Waals surface area contributed by atoms with E-state index < -0.39 is 11.9 Å². The van der Waals surface area contributed by atoms with E-state index in [0.717, 1.165) is 0 Å². The summed E-state index contributed by atoms with van der Waals surface area (Å²) in [7, 11) is 0. The molecule has 1 N–H and O–H groups in total. The number of rotatable bonds is 1. The summed E-state index contributed by atoms with van der Waals surface area (Å²) < 4.78 is 4.08. The lowest BCUT2D eigenvalue weighted by atomic mass is 10.6. The number of ether oxygens (including phenoxy) is 1. The first kappa shape index (κ1) is 7.68. The molecule has 0 atom stereocenters. The van der Waals surface area contributed by atoms with Crippen molar-refractivity contribution >= 4 is 11.9 Å². The maximum Gasteiger partial charge on any atom is 0.422 e. The minimum atomic E-state index is -1.61. The van der Waals surface area contributed by atoms with Crippen LogP contribution in [0.5, 0.6) is 0 Å². The Morgan fingerprint density at radius 3 is 2.11 bits per heavy atom. The molecule has 0 saturated carbocycles. The van der Waals surface area contributed by atoms with Gasteiger partial charge in [-0.1, -0.05) is 6.58 Å². The Labute approximate surface area is 51.7 Å². The number of hydrogen-bond acceptors (Lipinski definition) is 3. The van der Waals surface area contributed by atoms with Crippen LogP contribution in [-0.2, 0) is 14.3 Å². The van der Waals surface area contributed by atoms with Crippen LogP contribution < -0.4 is 0 Å². The molecule has 9 heavy (non-hydrogen) atoms. The average Bonchev–Trinajstić information content (AvgIpc) is 1.63. The summed E-state index contributed by atoms with van der Waals surface area (Å²) in [5.74, 6) is -2.84. The van der Waals surface area contributed by atoms with E-state index in [1.807, 2.05) is 0 Å².